The number of carbonyl (C=O) groups excluding carboxylic acids is 1. The normalized spacial score (nSPS) is 19.9. The molecule has 0 bridgehead atoms. The van der Waals surface area contributed by atoms with Gasteiger partial charge in [0.25, 0.3) is 0 Å². The Hall–Kier alpha value is -3.00. The van der Waals surface area contributed by atoms with Gasteiger partial charge in [0.05, 0.1) is 5.69 Å². The summed E-state index contributed by atoms with van der Waals surface area (Å²) < 4.78 is 0. The third-order valence-electron chi connectivity index (χ3n) is 7.02. The van der Waals surface area contributed by atoms with E-state index >= 15 is 0 Å². The van der Waals surface area contributed by atoms with Crippen molar-refractivity contribution in [2.24, 2.45) is 17.0 Å². The Labute approximate surface area is 195 Å². The van der Waals surface area contributed by atoms with E-state index in [1.165, 1.54) is 5.56 Å². The van der Waals surface area contributed by atoms with Gasteiger partial charge < -0.3 is 15.5 Å². The molecule has 8 heteroatoms. The molecule has 4 heterocycles. The van der Waals surface area contributed by atoms with Crippen molar-refractivity contribution < 1.29 is 9.63 Å². The molecule has 1 unspecified atom stereocenters. The summed E-state index contributed by atoms with van der Waals surface area (Å²) in [4.78, 5) is 31.3. The maximum atomic E-state index is 13.2. The Morgan fingerprint density at radius 1 is 1.06 bits per heavy atom. The monoisotopic (exact) mass is 450 g/mol. The van der Waals surface area contributed by atoms with Crippen molar-refractivity contribution >= 4 is 17.4 Å². The molecule has 2 fully saturated rings. The topological polar surface area (TPSA) is 96.9 Å². The lowest BCUT2D eigenvalue weighted by Crippen LogP contribution is -2.46. The predicted molar refractivity (Wildman–Crippen MR) is 128 cm³/mol. The lowest BCUT2D eigenvalue weighted by Gasteiger charge is -2.39. The zero-order valence-electron chi connectivity index (χ0n) is 19.6. The predicted octanol–water partition coefficient (Wildman–Crippen LogP) is 3.12. The molecule has 2 aliphatic rings. The lowest BCUT2D eigenvalue weighted by molar-refractivity contribution is -0.138. The Kier molecular flexibility index (Phi) is 7.54. The van der Waals surface area contributed by atoms with Gasteiger partial charge in [0.1, 0.15) is 18.6 Å². The van der Waals surface area contributed by atoms with E-state index in [0.29, 0.717) is 11.7 Å². The zero-order valence-corrected chi connectivity index (χ0v) is 19.6. The third kappa shape index (κ3) is 5.50. The number of aromatic nitrogens is 2. The van der Waals surface area contributed by atoms with Crippen LogP contribution >= 0.6 is 0 Å². The molecule has 0 radical (unpaired) electrons. The number of hydrogen-bond donors (Lipinski definition) is 1. The van der Waals surface area contributed by atoms with Crippen molar-refractivity contribution in [2.75, 3.05) is 39.0 Å². The number of carbonyl (C=O) groups is 1. The second kappa shape index (κ2) is 10.7. The number of amides is 1. The molecule has 8 nitrogen and oxygen atoms in total. The van der Waals surface area contributed by atoms with Crippen LogP contribution in [-0.2, 0) is 9.63 Å². The molecule has 33 heavy (non-hydrogen) atoms. The van der Waals surface area contributed by atoms with Gasteiger partial charge in [-0.1, -0.05) is 11.2 Å². The number of nitrogens with zero attached hydrogens (tertiary/aromatic N) is 5. The van der Waals surface area contributed by atoms with Gasteiger partial charge in [-0.15, -0.1) is 0 Å². The Balaban J connectivity index is 1.29. The van der Waals surface area contributed by atoms with E-state index in [9.17, 15) is 4.79 Å². The van der Waals surface area contributed by atoms with Crippen LogP contribution in [0, 0.1) is 11.8 Å². The maximum Gasteiger partial charge on any atom is 0.225 e. The van der Waals surface area contributed by atoms with Crippen LogP contribution in [0.5, 0.6) is 0 Å². The number of oxime groups is 1. The molecule has 0 saturated carbocycles. The molecular formula is C25H34N6O2. The smallest absolute Gasteiger partial charge is 0.225 e. The molecule has 0 spiro atoms. The first-order chi connectivity index (χ1) is 16.1. The van der Waals surface area contributed by atoms with E-state index in [1.54, 1.807) is 19.5 Å². The number of pyridine rings is 2. The van der Waals surface area contributed by atoms with Crippen LogP contribution in [0.3, 0.4) is 0 Å². The molecule has 2 saturated heterocycles. The van der Waals surface area contributed by atoms with Gasteiger partial charge in [-0.25, -0.2) is 4.98 Å². The van der Waals surface area contributed by atoms with E-state index in [-0.39, 0.29) is 17.9 Å². The molecule has 4 rings (SSSR count). The molecule has 176 valence electrons. The number of hydrogen-bond acceptors (Lipinski definition) is 7. The highest BCUT2D eigenvalue weighted by Crippen LogP contribution is 2.29. The highest BCUT2D eigenvalue weighted by Gasteiger charge is 2.33. The summed E-state index contributed by atoms with van der Waals surface area (Å²) in [5, 5.41) is 4.27. The summed E-state index contributed by atoms with van der Waals surface area (Å²) in [5.74, 6) is 1.21. The van der Waals surface area contributed by atoms with Crippen molar-refractivity contribution in [1.29, 1.82) is 0 Å². The van der Waals surface area contributed by atoms with Crippen molar-refractivity contribution in [2.45, 2.75) is 38.6 Å². The quantitative estimate of drug-likeness (QED) is 0.537. The Morgan fingerprint density at radius 3 is 2.42 bits per heavy atom. The number of likely N-dealkylation sites (tertiary alicyclic amines) is 2. The fourth-order valence-electron chi connectivity index (χ4n) is 5.04. The summed E-state index contributed by atoms with van der Waals surface area (Å²) in [6.07, 6.45) is 7.09. The molecule has 2 aromatic rings. The van der Waals surface area contributed by atoms with E-state index in [1.807, 2.05) is 35.2 Å². The van der Waals surface area contributed by atoms with Crippen molar-refractivity contribution in [3.63, 3.8) is 0 Å². The Morgan fingerprint density at radius 2 is 1.79 bits per heavy atom. The van der Waals surface area contributed by atoms with Crippen LogP contribution in [0.25, 0.3) is 0 Å². The number of piperidine rings is 2. The molecule has 0 aromatic carbocycles. The van der Waals surface area contributed by atoms with E-state index < -0.39 is 0 Å². The second-order valence-electron chi connectivity index (χ2n) is 8.97. The van der Waals surface area contributed by atoms with Crippen LogP contribution in [-0.4, -0.2) is 64.7 Å². The van der Waals surface area contributed by atoms with Crippen molar-refractivity contribution in [3.05, 3.63) is 54.0 Å². The lowest BCUT2D eigenvalue weighted by atomic mass is 9.88. The minimum absolute atomic E-state index is 0.107. The first-order valence-electron chi connectivity index (χ1n) is 11.8. The fraction of sp³-hybridized carbons (Fsp3) is 0.520. The third-order valence-corrected chi connectivity index (χ3v) is 7.02. The average molecular weight is 451 g/mol. The first-order valence-corrected chi connectivity index (χ1v) is 11.8. The summed E-state index contributed by atoms with van der Waals surface area (Å²) in [7, 11) is 1.57. The van der Waals surface area contributed by atoms with E-state index in [2.05, 4.69) is 26.9 Å². The summed E-state index contributed by atoms with van der Waals surface area (Å²) >= 11 is 0. The van der Waals surface area contributed by atoms with Crippen LogP contribution in [0.15, 0.2) is 47.9 Å². The maximum absolute atomic E-state index is 13.2. The number of rotatable bonds is 6. The standard InChI is InChI=1S/C25H34N6O2/c1-18(21-6-12-28-23(26)17-21)30-13-9-20(10-14-30)25(32)31-15-7-19(8-16-31)24(29-33-2)22-5-3-4-11-27-22/h3-6,11-12,17-20H,7-10,13-16H2,1-2H3,(H2,26,28)/b29-24+. The molecule has 2 aliphatic heterocycles. The van der Waals surface area contributed by atoms with E-state index in [0.717, 1.165) is 63.3 Å². The van der Waals surface area contributed by atoms with E-state index in [4.69, 9.17) is 10.6 Å². The molecule has 1 amide bonds. The SMILES string of the molecule is CO/N=C(/c1ccccn1)C1CCN(C(=O)C2CCN(C(C)c3ccnc(N)c3)CC2)CC1. The summed E-state index contributed by atoms with van der Waals surface area (Å²) in [6.45, 7) is 5.54. The average Bonchev–Trinajstić information content (AvgIpc) is 2.87. The van der Waals surface area contributed by atoms with Crippen LogP contribution in [0.2, 0.25) is 0 Å². The Bertz CT molecular complexity index is 950. The van der Waals surface area contributed by atoms with Crippen LogP contribution in [0.4, 0.5) is 5.82 Å². The minimum Gasteiger partial charge on any atom is -0.399 e. The first kappa shape index (κ1) is 23.2. The minimum atomic E-state index is 0.107. The van der Waals surface area contributed by atoms with Crippen LogP contribution in [0.1, 0.15) is 49.9 Å². The van der Waals surface area contributed by atoms with Gasteiger partial charge in [-0.2, -0.15) is 0 Å². The molecule has 2 N–H and O–H groups in total. The summed E-state index contributed by atoms with van der Waals surface area (Å²) in [5.41, 5.74) is 8.76. The van der Waals surface area contributed by atoms with Gasteiger partial charge in [-0.05, 0) is 75.5 Å². The highest BCUT2D eigenvalue weighted by atomic mass is 16.6. The zero-order chi connectivity index (χ0) is 23.2. The van der Waals surface area contributed by atoms with Gasteiger partial charge in [0, 0.05) is 43.4 Å². The molecule has 2 aromatic heterocycles. The van der Waals surface area contributed by atoms with Gasteiger partial charge in [0.15, 0.2) is 0 Å². The number of nitrogen functional groups attached to an aromatic ring is 1. The molecule has 0 aliphatic carbocycles. The fourth-order valence-corrected chi connectivity index (χ4v) is 5.04. The molecule has 1 atom stereocenters. The van der Waals surface area contributed by atoms with Crippen molar-refractivity contribution in [3.8, 4) is 0 Å². The largest absolute Gasteiger partial charge is 0.399 e. The second-order valence-corrected chi connectivity index (χ2v) is 8.97. The number of anilines is 1. The molecular weight excluding hydrogens is 416 g/mol. The number of nitrogens with two attached hydrogens (primary N) is 1. The summed E-state index contributed by atoms with van der Waals surface area (Å²) in [6, 6.07) is 10.1. The van der Waals surface area contributed by atoms with Crippen molar-refractivity contribution in [1.82, 2.24) is 19.8 Å². The van der Waals surface area contributed by atoms with Gasteiger partial charge in [-0.3, -0.25) is 14.7 Å². The highest BCUT2D eigenvalue weighted by molar-refractivity contribution is 6.00. The van der Waals surface area contributed by atoms with Crippen LogP contribution < -0.4 is 5.73 Å². The van der Waals surface area contributed by atoms with Gasteiger partial charge in [0.2, 0.25) is 5.91 Å². The van der Waals surface area contributed by atoms with Gasteiger partial charge >= 0.3 is 0 Å².